The molecule has 0 bridgehead atoms. The molecule has 0 aliphatic rings. The van der Waals surface area contributed by atoms with E-state index in [9.17, 15) is 0 Å². The number of nitrogens with zero attached hydrogens (tertiary/aromatic N) is 2. The second-order valence-electron chi connectivity index (χ2n) is 4.29. The first-order valence-electron chi connectivity index (χ1n) is 6.03. The summed E-state index contributed by atoms with van der Waals surface area (Å²) in [4.78, 5) is 0.979. The Morgan fingerprint density at radius 1 is 0.895 bits per heavy atom. The smallest absolute Gasteiger partial charge is 0.0678 e. The largest absolute Gasteiger partial charge is 0.320 e. The summed E-state index contributed by atoms with van der Waals surface area (Å²) in [5.74, 6) is 0. The van der Waals surface area contributed by atoms with E-state index in [0.29, 0.717) is 0 Å². The fourth-order valence-corrected chi connectivity index (χ4v) is 2.52. The van der Waals surface area contributed by atoms with E-state index in [1.807, 2.05) is 18.2 Å². The van der Waals surface area contributed by atoms with E-state index in [4.69, 9.17) is 5.73 Å². The van der Waals surface area contributed by atoms with E-state index in [2.05, 4.69) is 46.0 Å². The molecule has 1 aromatic heterocycles. The number of benzene rings is 2. The van der Waals surface area contributed by atoms with Crippen LogP contribution in [-0.2, 0) is 0 Å². The summed E-state index contributed by atoms with van der Waals surface area (Å²) >= 11 is 1.34. The zero-order chi connectivity index (χ0) is 13.1. The Morgan fingerprint density at radius 2 is 1.58 bits per heavy atom. The predicted molar refractivity (Wildman–Crippen MR) is 77.8 cm³/mol. The third kappa shape index (κ3) is 2.54. The molecule has 0 spiro atoms. The number of aromatic nitrogens is 2. The number of hydrogen-bond donors (Lipinski definition) is 1. The van der Waals surface area contributed by atoms with Crippen molar-refractivity contribution in [1.82, 2.24) is 9.59 Å². The lowest BCUT2D eigenvalue weighted by molar-refractivity contribution is 0.888. The molecule has 94 valence electrons. The van der Waals surface area contributed by atoms with Gasteiger partial charge in [-0.3, -0.25) is 0 Å². The molecule has 3 nitrogen and oxygen atoms in total. The molecule has 1 unspecified atom stereocenters. The van der Waals surface area contributed by atoms with Gasteiger partial charge in [-0.2, -0.15) is 0 Å². The van der Waals surface area contributed by atoms with E-state index in [0.717, 1.165) is 10.4 Å². The van der Waals surface area contributed by atoms with Gasteiger partial charge >= 0.3 is 0 Å². The Kier molecular flexibility index (Phi) is 3.35. The van der Waals surface area contributed by atoms with Gasteiger partial charge in [0.1, 0.15) is 0 Å². The highest BCUT2D eigenvalue weighted by atomic mass is 32.1. The molecular formula is C15H13N3S. The van der Waals surface area contributed by atoms with Crippen LogP contribution < -0.4 is 5.73 Å². The number of nitrogens with two attached hydrogens (primary N) is 1. The summed E-state index contributed by atoms with van der Waals surface area (Å²) in [6, 6.07) is 18.5. The van der Waals surface area contributed by atoms with Crippen LogP contribution in [-0.4, -0.2) is 9.59 Å². The molecule has 1 heterocycles. The second kappa shape index (κ2) is 5.30. The van der Waals surface area contributed by atoms with Crippen molar-refractivity contribution in [2.45, 2.75) is 6.04 Å². The minimum atomic E-state index is -0.148. The molecule has 0 aliphatic carbocycles. The van der Waals surface area contributed by atoms with Gasteiger partial charge in [-0.05, 0) is 28.2 Å². The minimum Gasteiger partial charge on any atom is -0.320 e. The van der Waals surface area contributed by atoms with Crippen molar-refractivity contribution in [1.29, 1.82) is 0 Å². The molecule has 2 aromatic carbocycles. The molecule has 0 radical (unpaired) electrons. The van der Waals surface area contributed by atoms with Crippen molar-refractivity contribution in [3.8, 4) is 11.1 Å². The fourth-order valence-electron chi connectivity index (χ4n) is 1.99. The fraction of sp³-hybridized carbons (Fsp3) is 0.0667. The van der Waals surface area contributed by atoms with Crippen LogP contribution in [0.5, 0.6) is 0 Å². The van der Waals surface area contributed by atoms with Crippen LogP contribution >= 0.6 is 11.5 Å². The molecule has 3 aromatic rings. The van der Waals surface area contributed by atoms with Crippen LogP contribution in [0.15, 0.2) is 60.8 Å². The van der Waals surface area contributed by atoms with E-state index in [1.165, 1.54) is 22.7 Å². The van der Waals surface area contributed by atoms with Crippen LogP contribution in [0.4, 0.5) is 0 Å². The summed E-state index contributed by atoms with van der Waals surface area (Å²) in [6.07, 6.45) is 1.72. The SMILES string of the molecule is NC(c1ccc(-c2ccccc2)cc1)c1cnns1. The van der Waals surface area contributed by atoms with E-state index >= 15 is 0 Å². The normalized spacial score (nSPS) is 12.3. The molecule has 3 rings (SSSR count). The molecule has 2 N–H and O–H groups in total. The van der Waals surface area contributed by atoms with Gasteiger partial charge < -0.3 is 5.73 Å². The maximum Gasteiger partial charge on any atom is 0.0678 e. The van der Waals surface area contributed by atoms with Gasteiger partial charge in [0.15, 0.2) is 0 Å². The van der Waals surface area contributed by atoms with Crippen molar-refractivity contribution < 1.29 is 0 Å². The first-order chi connectivity index (χ1) is 9.34. The van der Waals surface area contributed by atoms with Crippen molar-refractivity contribution >= 4 is 11.5 Å². The number of hydrogen-bond acceptors (Lipinski definition) is 4. The summed E-state index contributed by atoms with van der Waals surface area (Å²) in [7, 11) is 0. The summed E-state index contributed by atoms with van der Waals surface area (Å²) in [6.45, 7) is 0. The minimum absolute atomic E-state index is 0.148. The van der Waals surface area contributed by atoms with E-state index < -0.39 is 0 Å². The molecule has 1 atom stereocenters. The maximum absolute atomic E-state index is 6.18. The Balaban J connectivity index is 1.87. The lowest BCUT2D eigenvalue weighted by Gasteiger charge is -2.10. The quantitative estimate of drug-likeness (QED) is 0.792. The first-order valence-corrected chi connectivity index (χ1v) is 6.80. The van der Waals surface area contributed by atoms with Crippen LogP contribution in [0, 0.1) is 0 Å². The molecule has 0 aliphatic heterocycles. The lowest BCUT2D eigenvalue weighted by atomic mass is 10.0. The Bertz CT molecular complexity index is 633. The lowest BCUT2D eigenvalue weighted by Crippen LogP contribution is -2.09. The molecule has 4 heteroatoms. The average Bonchev–Trinajstić information content (AvgIpc) is 3.02. The van der Waals surface area contributed by atoms with Gasteiger partial charge in [-0.1, -0.05) is 59.1 Å². The first kappa shape index (κ1) is 12.0. The summed E-state index contributed by atoms with van der Waals surface area (Å²) in [5, 5.41) is 3.82. The Morgan fingerprint density at radius 3 is 2.21 bits per heavy atom. The highest BCUT2D eigenvalue weighted by Crippen LogP contribution is 2.25. The van der Waals surface area contributed by atoms with Gasteiger partial charge in [0, 0.05) is 0 Å². The molecule has 19 heavy (non-hydrogen) atoms. The van der Waals surface area contributed by atoms with Gasteiger partial charge in [0.2, 0.25) is 0 Å². The monoisotopic (exact) mass is 267 g/mol. The maximum atomic E-state index is 6.18. The van der Waals surface area contributed by atoms with Crippen LogP contribution in [0.2, 0.25) is 0 Å². The molecule has 0 amide bonds. The molecule has 0 saturated carbocycles. The van der Waals surface area contributed by atoms with Crippen LogP contribution in [0.25, 0.3) is 11.1 Å². The molecule has 0 saturated heterocycles. The van der Waals surface area contributed by atoms with E-state index in [-0.39, 0.29) is 6.04 Å². The Hall–Kier alpha value is -2.04. The zero-order valence-electron chi connectivity index (χ0n) is 10.2. The van der Waals surface area contributed by atoms with Crippen LogP contribution in [0.1, 0.15) is 16.5 Å². The van der Waals surface area contributed by atoms with Crippen LogP contribution in [0.3, 0.4) is 0 Å². The third-order valence-electron chi connectivity index (χ3n) is 3.06. The number of rotatable bonds is 3. The summed E-state index contributed by atoms with van der Waals surface area (Å²) < 4.78 is 3.85. The van der Waals surface area contributed by atoms with Crippen molar-refractivity contribution in [3.63, 3.8) is 0 Å². The van der Waals surface area contributed by atoms with Gasteiger partial charge in [0.05, 0.1) is 17.1 Å². The summed E-state index contributed by atoms with van der Waals surface area (Å²) in [5.41, 5.74) is 9.66. The molecular weight excluding hydrogens is 254 g/mol. The Labute approximate surface area is 115 Å². The average molecular weight is 267 g/mol. The topological polar surface area (TPSA) is 51.8 Å². The van der Waals surface area contributed by atoms with Gasteiger partial charge in [-0.25, -0.2) is 0 Å². The standard InChI is InChI=1S/C15H13N3S/c16-15(14-10-17-18-19-14)13-8-6-12(7-9-13)11-4-2-1-3-5-11/h1-10,15H,16H2. The molecule has 0 fully saturated rings. The van der Waals surface area contributed by atoms with Crippen molar-refractivity contribution in [3.05, 3.63) is 71.2 Å². The third-order valence-corrected chi connectivity index (χ3v) is 3.81. The van der Waals surface area contributed by atoms with Gasteiger partial charge in [-0.15, -0.1) is 5.10 Å². The second-order valence-corrected chi connectivity index (χ2v) is 5.10. The highest BCUT2D eigenvalue weighted by Gasteiger charge is 2.11. The van der Waals surface area contributed by atoms with Crippen molar-refractivity contribution in [2.24, 2.45) is 5.73 Å². The predicted octanol–water partition coefficient (Wildman–Crippen LogP) is 3.25. The highest BCUT2D eigenvalue weighted by molar-refractivity contribution is 7.05. The van der Waals surface area contributed by atoms with Crippen molar-refractivity contribution in [2.75, 3.05) is 0 Å². The van der Waals surface area contributed by atoms with E-state index in [1.54, 1.807) is 6.20 Å². The van der Waals surface area contributed by atoms with Gasteiger partial charge in [0.25, 0.3) is 0 Å². The zero-order valence-corrected chi connectivity index (χ0v) is 11.0.